The number of anilines is 1. The van der Waals surface area contributed by atoms with Gasteiger partial charge in [-0.2, -0.15) is 0 Å². The molecular formula is C15H25N3O4S. The van der Waals surface area contributed by atoms with E-state index in [2.05, 4.69) is 10.0 Å². The van der Waals surface area contributed by atoms with Crippen LogP contribution in [-0.2, 0) is 14.8 Å². The van der Waals surface area contributed by atoms with E-state index in [1.807, 2.05) is 0 Å². The Labute approximate surface area is 137 Å². The normalized spacial score (nSPS) is 13.4. The van der Waals surface area contributed by atoms with Crippen LogP contribution in [-0.4, -0.2) is 39.8 Å². The number of hydrogen-bond acceptors (Lipinski definition) is 5. The third-order valence-electron chi connectivity index (χ3n) is 2.97. The van der Waals surface area contributed by atoms with E-state index >= 15 is 0 Å². The van der Waals surface area contributed by atoms with Gasteiger partial charge in [-0.3, -0.25) is 4.79 Å². The Balaban J connectivity index is 2.82. The van der Waals surface area contributed by atoms with Gasteiger partial charge in [0.15, 0.2) is 0 Å². The number of rotatable bonds is 7. The summed E-state index contributed by atoms with van der Waals surface area (Å²) in [7, 11) is -3.50. The molecule has 0 radical (unpaired) electrons. The molecule has 1 atom stereocenters. The Morgan fingerprint density at radius 3 is 2.26 bits per heavy atom. The van der Waals surface area contributed by atoms with E-state index in [4.69, 9.17) is 10.5 Å². The fourth-order valence-electron chi connectivity index (χ4n) is 1.86. The van der Waals surface area contributed by atoms with Crippen molar-refractivity contribution in [1.82, 2.24) is 4.72 Å². The highest BCUT2D eigenvalue weighted by atomic mass is 32.2. The Kier molecular flexibility index (Phi) is 6.55. The molecule has 0 saturated heterocycles. The smallest absolute Gasteiger partial charge is 0.243 e. The first-order valence-electron chi connectivity index (χ1n) is 7.24. The van der Waals surface area contributed by atoms with E-state index in [0.717, 1.165) is 6.26 Å². The Hall–Kier alpha value is -1.64. The first-order valence-corrected chi connectivity index (χ1v) is 9.13. The molecular weight excluding hydrogens is 318 g/mol. The van der Waals surface area contributed by atoms with Crippen LogP contribution in [0, 0.1) is 5.41 Å². The van der Waals surface area contributed by atoms with Crippen LogP contribution >= 0.6 is 0 Å². The van der Waals surface area contributed by atoms with Gasteiger partial charge in [0.1, 0.15) is 18.4 Å². The number of nitrogens with one attached hydrogen (secondary N) is 2. The van der Waals surface area contributed by atoms with Gasteiger partial charge in [-0.15, -0.1) is 0 Å². The summed E-state index contributed by atoms with van der Waals surface area (Å²) in [5, 5.41) is 2.71. The molecule has 0 spiro atoms. The van der Waals surface area contributed by atoms with Crippen LogP contribution in [0.4, 0.5) is 5.69 Å². The van der Waals surface area contributed by atoms with Crippen LogP contribution in [0.15, 0.2) is 24.3 Å². The zero-order valence-electron chi connectivity index (χ0n) is 13.9. The van der Waals surface area contributed by atoms with Gasteiger partial charge in [0, 0.05) is 12.2 Å². The highest BCUT2D eigenvalue weighted by molar-refractivity contribution is 7.88. The molecule has 0 aliphatic carbocycles. The van der Waals surface area contributed by atoms with E-state index in [-0.39, 0.29) is 0 Å². The average molecular weight is 343 g/mol. The van der Waals surface area contributed by atoms with Crippen molar-refractivity contribution in [2.24, 2.45) is 11.1 Å². The van der Waals surface area contributed by atoms with Crippen LogP contribution in [0.2, 0.25) is 0 Å². The fourth-order valence-corrected chi connectivity index (χ4v) is 2.75. The first kappa shape index (κ1) is 19.4. The SMILES string of the molecule is CC(C)(C)C(NS(C)(=O)=O)C(=O)Nc1ccc(OCCN)cc1. The third-order valence-corrected chi connectivity index (χ3v) is 3.63. The molecule has 1 aromatic carbocycles. The van der Waals surface area contributed by atoms with Gasteiger partial charge in [0.2, 0.25) is 15.9 Å². The maximum absolute atomic E-state index is 12.4. The summed E-state index contributed by atoms with van der Waals surface area (Å²) in [6.45, 7) is 6.20. The van der Waals surface area contributed by atoms with Gasteiger partial charge >= 0.3 is 0 Å². The zero-order valence-corrected chi connectivity index (χ0v) is 14.7. The van der Waals surface area contributed by atoms with Crippen molar-refractivity contribution >= 4 is 21.6 Å². The molecule has 7 nitrogen and oxygen atoms in total. The van der Waals surface area contributed by atoms with Gasteiger partial charge < -0.3 is 15.8 Å². The summed E-state index contributed by atoms with van der Waals surface area (Å²) < 4.78 is 30.7. The Bertz CT molecular complexity index is 621. The Morgan fingerprint density at radius 1 is 1.26 bits per heavy atom. The lowest BCUT2D eigenvalue weighted by Gasteiger charge is -2.29. The summed E-state index contributed by atoms with van der Waals surface area (Å²) in [5.41, 5.74) is 5.34. The van der Waals surface area contributed by atoms with Crippen LogP contribution in [0.1, 0.15) is 20.8 Å². The third kappa shape index (κ3) is 6.98. The number of carbonyl (C=O) groups is 1. The van der Waals surface area contributed by atoms with Gasteiger partial charge in [-0.25, -0.2) is 13.1 Å². The first-order chi connectivity index (χ1) is 10.5. The molecule has 0 fully saturated rings. The lowest BCUT2D eigenvalue weighted by atomic mass is 9.87. The maximum atomic E-state index is 12.4. The molecule has 130 valence electrons. The highest BCUT2D eigenvalue weighted by Crippen LogP contribution is 2.22. The molecule has 0 aliphatic heterocycles. The molecule has 0 heterocycles. The van der Waals surface area contributed by atoms with Gasteiger partial charge in [-0.1, -0.05) is 20.8 Å². The van der Waals surface area contributed by atoms with Crippen molar-refractivity contribution < 1.29 is 17.9 Å². The second-order valence-corrected chi connectivity index (χ2v) is 8.12. The van der Waals surface area contributed by atoms with Crippen LogP contribution < -0.4 is 20.5 Å². The molecule has 1 aromatic rings. The molecule has 0 aromatic heterocycles. The van der Waals surface area contributed by atoms with E-state index in [1.54, 1.807) is 45.0 Å². The second-order valence-electron chi connectivity index (χ2n) is 6.34. The average Bonchev–Trinajstić information content (AvgIpc) is 2.42. The molecule has 0 saturated carbocycles. The Morgan fingerprint density at radius 2 is 1.83 bits per heavy atom. The van der Waals surface area contributed by atoms with Crippen LogP contribution in [0.3, 0.4) is 0 Å². The van der Waals surface area contributed by atoms with E-state index < -0.39 is 27.4 Å². The quantitative estimate of drug-likeness (QED) is 0.682. The van der Waals surface area contributed by atoms with E-state index in [1.165, 1.54) is 0 Å². The maximum Gasteiger partial charge on any atom is 0.243 e. The summed E-state index contributed by atoms with van der Waals surface area (Å²) in [5.74, 6) is 0.230. The molecule has 1 rings (SSSR count). The van der Waals surface area contributed by atoms with Crippen LogP contribution in [0.5, 0.6) is 5.75 Å². The van der Waals surface area contributed by atoms with Crippen molar-refractivity contribution in [2.75, 3.05) is 24.7 Å². The van der Waals surface area contributed by atoms with Crippen molar-refractivity contribution in [1.29, 1.82) is 0 Å². The minimum Gasteiger partial charge on any atom is -0.492 e. The number of sulfonamides is 1. The van der Waals surface area contributed by atoms with E-state index in [9.17, 15) is 13.2 Å². The van der Waals surface area contributed by atoms with E-state index in [0.29, 0.717) is 24.6 Å². The number of nitrogens with two attached hydrogens (primary N) is 1. The summed E-state index contributed by atoms with van der Waals surface area (Å²) in [6.07, 6.45) is 1.03. The van der Waals surface area contributed by atoms with Crippen molar-refractivity contribution in [3.63, 3.8) is 0 Å². The number of ether oxygens (including phenoxy) is 1. The number of hydrogen-bond donors (Lipinski definition) is 3. The van der Waals surface area contributed by atoms with Crippen molar-refractivity contribution in [3.8, 4) is 5.75 Å². The summed E-state index contributed by atoms with van der Waals surface area (Å²) in [4.78, 5) is 12.4. The molecule has 0 aliphatic rings. The zero-order chi connectivity index (χ0) is 17.7. The number of carbonyl (C=O) groups excluding carboxylic acids is 1. The van der Waals surface area contributed by atoms with Crippen molar-refractivity contribution in [3.05, 3.63) is 24.3 Å². The lowest BCUT2D eigenvalue weighted by Crippen LogP contribution is -2.51. The standard InChI is InChI=1S/C15H25N3O4S/c1-15(2,3)13(18-23(4,20)21)14(19)17-11-5-7-12(8-6-11)22-10-9-16/h5-8,13,18H,9-10,16H2,1-4H3,(H,17,19). The van der Waals surface area contributed by atoms with Gasteiger partial charge in [-0.05, 0) is 29.7 Å². The number of benzene rings is 1. The van der Waals surface area contributed by atoms with Crippen LogP contribution in [0.25, 0.3) is 0 Å². The predicted molar refractivity (Wildman–Crippen MR) is 90.8 cm³/mol. The van der Waals surface area contributed by atoms with Crippen molar-refractivity contribution in [2.45, 2.75) is 26.8 Å². The number of amides is 1. The van der Waals surface area contributed by atoms with Gasteiger partial charge in [0.05, 0.1) is 6.26 Å². The minimum atomic E-state index is -3.50. The summed E-state index contributed by atoms with van der Waals surface area (Å²) in [6, 6.07) is 5.90. The fraction of sp³-hybridized carbons (Fsp3) is 0.533. The topological polar surface area (TPSA) is 111 Å². The molecule has 23 heavy (non-hydrogen) atoms. The van der Waals surface area contributed by atoms with Gasteiger partial charge in [0.25, 0.3) is 0 Å². The summed E-state index contributed by atoms with van der Waals surface area (Å²) >= 11 is 0. The molecule has 8 heteroatoms. The highest BCUT2D eigenvalue weighted by Gasteiger charge is 2.33. The largest absolute Gasteiger partial charge is 0.492 e. The monoisotopic (exact) mass is 343 g/mol. The molecule has 0 bridgehead atoms. The molecule has 4 N–H and O–H groups in total. The minimum absolute atomic E-state index is 0.413. The molecule has 1 unspecified atom stereocenters. The second kappa shape index (κ2) is 7.76. The molecule has 1 amide bonds. The lowest BCUT2D eigenvalue weighted by molar-refractivity contribution is -0.119. The predicted octanol–water partition coefficient (Wildman–Crippen LogP) is 0.927.